The van der Waals surface area contributed by atoms with Gasteiger partial charge in [0.15, 0.2) is 9.92 Å². The fraction of sp³-hybridized carbons (Fsp3) is 0.550. The number of amides is 2. The van der Waals surface area contributed by atoms with Crippen LogP contribution in [0.5, 0.6) is 0 Å². The van der Waals surface area contributed by atoms with Gasteiger partial charge in [-0.05, 0) is 87.2 Å². The van der Waals surface area contributed by atoms with Crippen LogP contribution in [-0.4, -0.2) is 34.8 Å². The van der Waals surface area contributed by atoms with Crippen molar-refractivity contribution in [3.63, 3.8) is 0 Å². The number of fused-ring (bicyclic) bond motifs is 2. The predicted octanol–water partition coefficient (Wildman–Crippen LogP) is 3.36. The Morgan fingerprint density at radius 1 is 1.19 bits per heavy atom. The average Bonchev–Trinajstić information content (AvgIpc) is 3.32. The molecule has 1 saturated heterocycles. The molecular weight excluding hydrogens is 360 g/mol. The monoisotopic (exact) mass is 388 g/mol. The number of nitrogens with one attached hydrogen (secondary N) is 3. The molecule has 6 nitrogen and oxygen atoms in total. The maximum atomic E-state index is 12.5. The van der Waals surface area contributed by atoms with Gasteiger partial charge >= 0.3 is 6.03 Å². The highest BCUT2D eigenvalue weighted by atomic mass is 32.2. The quantitative estimate of drug-likeness (QED) is 0.739. The van der Waals surface area contributed by atoms with E-state index in [0.717, 1.165) is 63.6 Å². The number of carbonyl (C=O) groups is 1. The van der Waals surface area contributed by atoms with E-state index >= 15 is 0 Å². The van der Waals surface area contributed by atoms with Gasteiger partial charge in [-0.25, -0.2) is 18.5 Å². The molecule has 3 aliphatic rings. The lowest BCUT2D eigenvalue weighted by Gasteiger charge is -2.17. The summed E-state index contributed by atoms with van der Waals surface area (Å²) in [6.07, 6.45) is 10.2. The summed E-state index contributed by atoms with van der Waals surface area (Å²) in [5, 5.41) is 4.29. The molecule has 1 fully saturated rings. The third kappa shape index (κ3) is 3.89. The van der Waals surface area contributed by atoms with E-state index in [2.05, 4.69) is 21.0 Å². The average molecular weight is 389 g/mol. The number of anilines is 1. The third-order valence-corrected chi connectivity index (χ3v) is 7.05. The van der Waals surface area contributed by atoms with Crippen molar-refractivity contribution in [1.82, 2.24) is 9.62 Å². The molecule has 0 saturated carbocycles. The topological polar surface area (TPSA) is 85.3 Å². The lowest BCUT2D eigenvalue weighted by Crippen LogP contribution is -2.33. The number of carbonyl (C=O) groups excluding carboxylic acids is 1. The van der Waals surface area contributed by atoms with E-state index in [1.54, 1.807) is 6.08 Å². The molecule has 1 aromatic rings. The Morgan fingerprint density at radius 3 is 2.44 bits per heavy atom. The normalized spacial score (nSPS) is 24.0. The van der Waals surface area contributed by atoms with Gasteiger partial charge < -0.3 is 5.32 Å². The van der Waals surface area contributed by atoms with Crippen LogP contribution in [-0.2, 0) is 35.6 Å². The lowest BCUT2D eigenvalue weighted by atomic mass is 9.99. The van der Waals surface area contributed by atoms with Crippen LogP contribution >= 0.6 is 0 Å². The molecule has 3 N–H and O–H groups in total. The number of benzene rings is 1. The molecule has 0 aromatic heterocycles. The summed E-state index contributed by atoms with van der Waals surface area (Å²) in [7, 11) is -1.29. The molecule has 27 heavy (non-hydrogen) atoms. The highest BCUT2D eigenvalue weighted by Gasteiger charge is 2.25. The van der Waals surface area contributed by atoms with Crippen LogP contribution in [0, 0.1) is 4.78 Å². The fourth-order valence-electron chi connectivity index (χ4n) is 4.66. The minimum Gasteiger partial charge on any atom is -0.307 e. The number of likely N-dealkylation sites (tertiary alicyclic amines) is 1. The van der Waals surface area contributed by atoms with Crippen LogP contribution in [0.1, 0.15) is 47.9 Å². The Hall–Kier alpha value is -1.86. The van der Waals surface area contributed by atoms with Crippen LogP contribution < -0.4 is 10.0 Å². The van der Waals surface area contributed by atoms with Gasteiger partial charge in [0.2, 0.25) is 0 Å². The Morgan fingerprint density at radius 2 is 1.85 bits per heavy atom. The van der Waals surface area contributed by atoms with Crippen molar-refractivity contribution in [3.05, 3.63) is 39.8 Å². The molecule has 0 radical (unpaired) electrons. The summed E-state index contributed by atoms with van der Waals surface area (Å²) in [6.45, 7) is 1.01. The molecule has 0 spiro atoms. The molecule has 146 valence electrons. The summed E-state index contributed by atoms with van der Waals surface area (Å²) in [5.41, 5.74) is 6.03. The van der Waals surface area contributed by atoms with Gasteiger partial charge in [0, 0.05) is 17.1 Å². The number of hydrogen-bond donors (Lipinski definition) is 3. The smallest absolute Gasteiger partial charge is 0.307 e. The molecule has 1 aliphatic heterocycles. The first-order chi connectivity index (χ1) is 12.9. The minimum absolute atomic E-state index is 0.196. The molecule has 2 amide bonds. The van der Waals surface area contributed by atoms with Crippen LogP contribution in [0.25, 0.3) is 0 Å². The standard InChI is InChI=1S/C20H28N4O2S/c1-24-11-4-7-16(24)10-12-27(21,26)23-20(25)22-19-17-8-2-5-14(17)13-15-6-3-9-18(15)19/h10,12-13,16H,2-9,11H2,1H3,(H3,21,22,23,25,26)/b12-10+/t16-,27?/m1/s1. The zero-order valence-corrected chi connectivity index (χ0v) is 16.7. The fourth-order valence-corrected chi connectivity index (χ4v) is 5.46. The molecule has 0 bridgehead atoms. The highest BCUT2D eigenvalue weighted by Crippen LogP contribution is 2.38. The summed E-state index contributed by atoms with van der Waals surface area (Å²) in [4.78, 5) is 14.7. The van der Waals surface area contributed by atoms with Gasteiger partial charge in [0.05, 0.1) is 0 Å². The molecule has 2 aliphatic carbocycles. The van der Waals surface area contributed by atoms with Crippen LogP contribution in [0.2, 0.25) is 0 Å². The summed E-state index contributed by atoms with van der Waals surface area (Å²) in [6, 6.07) is 1.96. The third-order valence-electron chi connectivity index (χ3n) is 6.03. The van der Waals surface area contributed by atoms with Gasteiger partial charge in [0.25, 0.3) is 0 Å². The number of rotatable bonds is 4. The summed E-state index contributed by atoms with van der Waals surface area (Å²) >= 11 is 0. The lowest BCUT2D eigenvalue weighted by molar-refractivity contribution is 0.257. The van der Waals surface area contributed by atoms with Crippen molar-refractivity contribution in [2.75, 3.05) is 18.9 Å². The molecule has 4 rings (SSSR count). The first kappa shape index (κ1) is 18.5. The first-order valence-electron chi connectivity index (χ1n) is 9.85. The van der Waals surface area contributed by atoms with Gasteiger partial charge in [-0.1, -0.05) is 12.1 Å². The Balaban J connectivity index is 1.48. The van der Waals surface area contributed by atoms with Crippen LogP contribution in [0.3, 0.4) is 0 Å². The zero-order valence-electron chi connectivity index (χ0n) is 15.8. The largest absolute Gasteiger partial charge is 0.331 e. The molecule has 1 aromatic carbocycles. The van der Waals surface area contributed by atoms with Crippen molar-refractivity contribution in [2.45, 2.75) is 57.4 Å². The van der Waals surface area contributed by atoms with E-state index < -0.39 is 15.9 Å². The van der Waals surface area contributed by atoms with Gasteiger partial charge in [-0.3, -0.25) is 4.90 Å². The minimum atomic E-state index is -3.31. The number of nitrogens with zero attached hydrogens (tertiary/aromatic N) is 1. The van der Waals surface area contributed by atoms with E-state index in [9.17, 15) is 9.00 Å². The second-order valence-corrected chi connectivity index (χ2v) is 9.59. The van der Waals surface area contributed by atoms with Gasteiger partial charge in [-0.15, -0.1) is 0 Å². The number of hydrogen-bond acceptors (Lipinski definition) is 4. The summed E-state index contributed by atoms with van der Waals surface area (Å²) < 4.78 is 22.9. The molecular formula is C20H28N4O2S. The van der Waals surface area contributed by atoms with Crippen LogP contribution in [0.4, 0.5) is 10.5 Å². The number of likely N-dealkylation sites (N-methyl/N-ethyl adjacent to an activating group) is 1. The van der Waals surface area contributed by atoms with E-state index in [1.807, 2.05) is 7.05 Å². The Bertz CT molecular complexity index is 859. The van der Waals surface area contributed by atoms with Crippen molar-refractivity contribution in [3.8, 4) is 0 Å². The van der Waals surface area contributed by atoms with Crippen molar-refractivity contribution in [2.24, 2.45) is 0 Å². The molecule has 2 atom stereocenters. The molecule has 1 unspecified atom stereocenters. The zero-order chi connectivity index (χ0) is 19.0. The van der Waals surface area contributed by atoms with Crippen LogP contribution in [0.15, 0.2) is 17.6 Å². The highest BCUT2D eigenvalue weighted by molar-refractivity contribution is 7.93. The second-order valence-electron chi connectivity index (χ2n) is 7.91. The van der Waals surface area contributed by atoms with E-state index in [1.165, 1.54) is 27.7 Å². The SMILES string of the molecule is CN1CCC[C@@H]1/C=C/S(=N)(=O)NC(=O)Nc1c2c(cc3c1CCC3)CCC2. The summed E-state index contributed by atoms with van der Waals surface area (Å²) in [5.74, 6) is 0. The van der Waals surface area contributed by atoms with E-state index in [0.29, 0.717) is 0 Å². The van der Waals surface area contributed by atoms with Crippen molar-refractivity contribution >= 4 is 21.6 Å². The van der Waals surface area contributed by atoms with E-state index in [-0.39, 0.29) is 6.04 Å². The second kappa shape index (κ2) is 7.28. The Kier molecular flexibility index (Phi) is 4.99. The van der Waals surface area contributed by atoms with Gasteiger partial charge in [0.1, 0.15) is 0 Å². The predicted molar refractivity (Wildman–Crippen MR) is 108 cm³/mol. The van der Waals surface area contributed by atoms with Crippen molar-refractivity contribution < 1.29 is 9.00 Å². The Labute approximate surface area is 161 Å². The molecule has 7 heteroatoms. The maximum absolute atomic E-state index is 12.5. The number of urea groups is 1. The van der Waals surface area contributed by atoms with Gasteiger partial charge in [-0.2, -0.15) is 0 Å². The first-order valence-corrected chi connectivity index (χ1v) is 11.5. The van der Waals surface area contributed by atoms with Crippen molar-refractivity contribution in [1.29, 1.82) is 4.78 Å². The van der Waals surface area contributed by atoms with E-state index in [4.69, 9.17) is 4.78 Å². The molecule has 1 heterocycles. The maximum Gasteiger partial charge on any atom is 0.331 e. The number of aryl methyl sites for hydroxylation is 2.